The Labute approximate surface area is 136 Å². The molecular weight excluding hydrogens is 302 g/mol. The maximum absolute atomic E-state index is 6.05. The van der Waals surface area contributed by atoms with Gasteiger partial charge in [-0.1, -0.05) is 24.6 Å². The summed E-state index contributed by atoms with van der Waals surface area (Å²) in [5, 5.41) is 8.78. The van der Waals surface area contributed by atoms with E-state index >= 15 is 0 Å². The fraction of sp³-hybridized carbons (Fsp3) is 0.438. The SMILES string of the molecule is CCCNC(CSc1cccc(Cl)c1)c1ccnn1CC. The van der Waals surface area contributed by atoms with Crippen molar-refractivity contribution in [3.63, 3.8) is 0 Å². The maximum Gasteiger partial charge on any atom is 0.0587 e. The second-order valence-corrected chi connectivity index (χ2v) is 6.38. The number of rotatable bonds is 8. The molecule has 2 aromatic rings. The molecular formula is C16H22ClN3S. The Kier molecular flexibility index (Phi) is 6.61. The van der Waals surface area contributed by atoms with Gasteiger partial charge < -0.3 is 5.32 Å². The lowest BCUT2D eigenvalue weighted by atomic mass is 10.2. The molecule has 1 heterocycles. The lowest BCUT2D eigenvalue weighted by molar-refractivity contribution is 0.514. The number of halogens is 1. The van der Waals surface area contributed by atoms with Gasteiger partial charge in [-0.2, -0.15) is 5.10 Å². The molecule has 0 amide bonds. The molecule has 0 fully saturated rings. The van der Waals surface area contributed by atoms with Gasteiger partial charge in [0, 0.05) is 28.4 Å². The Bertz CT molecular complexity index is 556. The van der Waals surface area contributed by atoms with Crippen LogP contribution in [0, 0.1) is 0 Å². The summed E-state index contributed by atoms with van der Waals surface area (Å²) in [6.45, 7) is 6.22. The molecule has 1 aromatic heterocycles. The molecule has 0 saturated carbocycles. The minimum Gasteiger partial charge on any atom is -0.308 e. The van der Waals surface area contributed by atoms with Gasteiger partial charge in [0.1, 0.15) is 0 Å². The van der Waals surface area contributed by atoms with E-state index in [9.17, 15) is 0 Å². The number of thioether (sulfide) groups is 1. The molecule has 1 N–H and O–H groups in total. The maximum atomic E-state index is 6.05. The Morgan fingerprint density at radius 2 is 2.19 bits per heavy atom. The summed E-state index contributed by atoms with van der Waals surface area (Å²) < 4.78 is 2.06. The average Bonchev–Trinajstić information content (AvgIpc) is 2.96. The Morgan fingerprint density at radius 3 is 2.90 bits per heavy atom. The molecule has 21 heavy (non-hydrogen) atoms. The van der Waals surface area contributed by atoms with Crippen molar-refractivity contribution in [2.45, 2.75) is 37.8 Å². The van der Waals surface area contributed by atoms with Crippen LogP contribution in [0.25, 0.3) is 0 Å². The first-order valence-electron chi connectivity index (χ1n) is 7.38. The highest BCUT2D eigenvalue weighted by Crippen LogP contribution is 2.26. The summed E-state index contributed by atoms with van der Waals surface area (Å²) >= 11 is 7.87. The molecule has 0 radical (unpaired) electrons. The van der Waals surface area contributed by atoms with Gasteiger partial charge in [-0.25, -0.2) is 0 Å². The molecule has 1 atom stereocenters. The van der Waals surface area contributed by atoms with E-state index in [0.29, 0.717) is 6.04 Å². The summed E-state index contributed by atoms with van der Waals surface area (Å²) in [7, 11) is 0. The van der Waals surface area contributed by atoms with Crippen LogP contribution in [0.2, 0.25) is 5.02 Å². The molecule has 0 aliphatic heterocycles. The second kappa shape index (κ2) is 8.47. The zero-order valence-electron chi connectivity index (χ0n) is 12.6. The molecule has 0 spiro atoms. The van der Waals surface area contributed by atoms with Crippen LogP contribution in [0.1, 0.15) is 32.0 Å². The van der Waals surface area contributed by atoms with Gasteiger partial charge in [0.25, 0.3) is 0 Å². The van der Waals surface area contributed by atoms with Gasteiger partial charge in [0.15, 0.2) is 0 Å². The standard InChI is InChI=1S/C16H22ClN3S/c1-3-9-18-15(16-8-10-19-20(16)4-2)12-21-14-7-5-6-13(17)11-14/h5-8,10-11,15,18H,3-4,9,12H2,1-2H3. The highest BCUT2D eigenvalue weighted by molar-refractivity contribution is 7.99. The van der Waals surface area contributed by atoms with Gasteiger partial charge in [0.05, 0.1) is 11.7 Å². The van der Waals surface area contributed by atoms with Crippen LogP contribution in [0.5, 0.6) is 0 Å². The van der Waals surface area contributed by atoms with Crippen LogP contribution in [-0.2, 0) is 6.54 Å². The molecule has 0 saturated heterocycles. The highest BCUT2D eigenvalue weighted by Gasteiger charge is 2.15. The first kappa shape index (κ1) is 16.4. The van der Waals surface area contributed by atoms with Crippen molar-refractivity contribution in [1.29, 1.82) is 0 Å². The number of aryl methyl sites for hydroxylation is 1. The fourth-order valence-corrected chi connectivity index (χ4v) is 3.49. The van der Waals surface area contributed by atoms with Crippen molar-refractivity contribution in [3.05, 3.63) is 47.2 Å². The van der Waals surface area contributed by atoms with Crippen LogP contribution < -0.4 is 5.32 Å². The van der Waals surface area contributed by atoms with Gasteiger partial charge in [-0.15, -0.1) is 11.8 Å². The van der Waals surface area contributed by atoms with E-state index in [1.807, 2.05) is 36.2 Å². The van der Waals surface area contributed by atoms with Crippen molar-refractivity contribution in [1.82, 2.24) is 15.1 Å². The molecule has 2 rings (SSSR count). The Hall–Kier alpha value is -0.970. The van der Waals surface area contributed by atoms with Crippen LogP contribution in [0.4, 0.5) is 0 Å². The van der Waals surface area contributed by atoms with E-state index in [-0.39, 0.29) is 0 Å². The van der Waals surface area contributed by atoms with E-state index < -0.39 is 0 Å². The zero-order chi connectivity index (χ0) is 15.1. The van der Waals surface area contributed by atoms with E-state index in [1.165, 1.54) is 10.6 Å². The lowest BCUT2D eigenvalue weighted by Crippen LogP contribution is -2.26. The molecule has 5 heteroatoms. The number of nitrogens with one attached hydrogen (secondary N) is 1. The number of aromatic nitrogens is 2. The molecule has 0 bridgehead atoms. The van der Waals surface area contributed by atoms with Gasteiger partial charge >= 0.3 is 0 Å². The summed E-state index contributed by atoms with van der Waals surface area (Å²) in [6.07, 6.45) is 3.00. The zero-order valence-corrected chi connectivity index (χ0v) is 14.1. The topological polar surface area (TPSA) is 29.9 Å². The molecule has 3 nitrogen and oxygen atoms in total. The number of hydrogen-bond donors (Lipinski definition) is 1. The number of benzene rings is 1. The van der Waals surface area contributed by atoms with Crippen molar-refractivity contribution in [2.24, 2.45) is 0 Å². The largest absolute Gasteiger partial charge is 0.308 e. The van der Waals surface area contributed by atoms with E-state index in [4.69, 9.17) is 11.6 Å². The van der Waals surface area contributed by atoms with E-state index in [1.54, 1.807) is 0 Å². The summed E-state index contributed by atoms with van der Waals surface area (Å²) in [6, 6.07) is 10.4. The first-order chi connectivity index (χ1) is 10.2. The van der Waals surface area contributed by atoms with Crippen LogP contribution in [0.3, 0.4) is 0 Å². The second-order valence-electron chi connectivity index (χ2n) is 4.85. The van der Waals surface area contributed by atoms with Crippen LogP contribution in [-0.4, -0.2) is 22.1 Å². The smallest absolute Gasteiger partial charge is 0.0587 e. The normalized spacial score (nSPS) is 12.5. The summed E-state index contributed by atoms with van der Waals surface area (Å²) in [5.41, 5.74) is 1.25. The average molecular weight is 324 g/mol. The third-order valence-corrected chi connectivity index (χ3v) is 4.58. The Morgan fingerprint density at radius 1 is 1.33 bits per heavy atom. The molecule has 1 unspecified atom stereocenters. The minimum atomic E-state index is 0.302. The molecule has 0 aliphatic rings. The van der Waals surface area contributed by atoms with Crippen molar-refractivity contribution < 1.29 is 0 Å². The first-order valence-corrected chi connectivity index (χ1v) is 8.74. The van der Waals surface area contributed by atoms with Crippen molar-refractivity contribution in [2.75, 3.05) is 12.3 Å². The molecule has 0 aliphatic carbocycles. The predicted molar refractivity (Wildman–Crippen MR) is 91.1 cm³/mol. The van der Waals surface area contributed by atoms with Crippen molar-refractivity contribution >= 4 is 23.4 Å². The third kappa shape index (κ3) is 4.77. The van der Waals surface area contributed by atoms with Gasteiger partial charge in [-0.05, 0) is 44.2 Å². The quantitative estimate of drug-likeness (QED) is 0.731. The van der Waals surface area contributed by atoms with Gasteiger partial charge in [0.2, 0.25) is 0 Å². The fourth-order valence-electron chi connectivity index (χ4n) is 2.21. The number of hydrogen-bond acceptors (Lipinski definition) is 3. The Balaban J connectivity index is 2.06. The van der Waals surface area contributed by atoms with E-state index in [2.05, 4.69) is 41.1 Å². The third-order valence-electron chi connectivity index (χ3n) is 3.26. The van der Waals surface area contributed by atoms with Crippen LogP contribution >= 0.6 is 23.4 Å². The molecule has 114 valence electrons. The lowest BCUT2D eigenvalue weighted by Gasteiger charge is -2.19. The summed E-state index contributed by atoms with van der Waals surface area (Å²) in [5.74, 6) is 0.964. The van der Waals surface area contributed by atoms with Crippen LogP contribution in [0.15, 0.2) is 41.4 Å². The summed E-state index contributed by atoms with van der Waals surface area (Å²) in [4.78, 5) is 1.20. The minimum absolute atomic E-state index is 0.302. The monoisotopic (exact) mass is 323 g/mol. The van der Waals surface area contributed by atoms with E-state index in [0.717, 1.165) is 30.3 Å². The highest BCUT2D eigenvalue weighted by atomic mass is 35.5. The molecule has 1 aromatic carbocycles. The number of nitrogens with zero attached hydrogens (tertiary/aromatic N) is 2. The predicted octanol–water partition coefficient (Wildman–Crippen LogP) is 4.39. The van der Waals surface area contributed by atoms with Gasteiger partial charge in [-0.3, -0.25) is 4.68 Å². The van der Waals surface area contributed by atoms with Crippen molar-refractivity contribution in [3.8, 4) is 0 Å².